The van der Waals surface area contributed by atoms with Gasteiger partial charge in [0, 0.05) is 18.7 Å². The number of rotatable bonds is 3. The highest BCUT2D eigenvalue weighted by molar-refractivity contribution is 6.29. The van der Waals surface area contributed by atoms with Gasteiger partial charge in [0.1, 0.15) is 5.15 Å². The number of aromatic nitrogens is 3. The van der Waals surface area contributed by atoms with E-state index in [1.54, 1.807) is 10.6 Å². The van der Waals surface area contributed by atoms with Crippen LogP contribution in [0, 0.1) is 6.92 Å². The Labute approximate surface area is 157 Å². The van der Waals surface area contributed by atoms with Crippen LogP contribution in [0.3, 0.4) is 0 Å². The predicted octanol–water partition coefficient (Wildman–Crippen LogP) is 3.91. The molecule has 0 unspecified atom stereocenters. The maximum atomic E-state index is 12.9. The Hall–Kier alpha value is -2.40. The molecule has 1 fully saturated rings. The number of fused-ring (bicyclic) bond motifs is 1. The SMILES string of the molecule is Cc1ccc(-c2nc3ccc(Cl)nn3c2CC(=O)N2CCCCC2)cc1. The van der Waals surface area contributed by atoms with E-state index < -0.39 is 0 Å². The van der Waals surface area contributed by atoms with Crippen molar-refractivity contribution in [2.45, 2.75) is 32.6 Å². The molecular weight excluding hydrogens is 348 g/mol. The van der Waals surface area contributed by atoms with Crippen molar-refractivity contribution in [3.8, 4) is 11.3 Å². The van der Waals surface area contributed by atoms with Crippen molar-refractivity contribution in [3.63, 3.8) is 0 Å². The third kappa shape index (κ3) is 3.31. The summed E-state index contributed by atoms with van der Waals surface area (Å²) >= 11 is 6.10. The van der Waals surface area contributed by atoms with Gasteiger partial charge in [0.05, 0.1) is 17.8 Å². The van der Waals surface area contributed by atoms with Crippen LogP contribution in [0.5, 0.6) is 0 Å². The smallest absolute Gasteiger partial charge is 0.228 e. The number of hydrogen-bond acceptors (Lipinski definition) is 3. The van der Waals surface area contributed by atoms with Gasteiger partial charge < -0.3 is 4.90 Å². The number of carbonyl (C=O) groups excluding carboxylic acids is 1. The largest absolute Gasteiger partial charge is 0.342 e. The number of carbonyl (C=O) groups is 1. The molecule has 1 saturated heterocycles. The van der Waals surface area contributed by atoms with Crippen molar-refractivity contribution in [1.82, 2.24) is 19.5 Å². The van der Waals surface area contributed by atoms with Crippen LogP contribution in [0.4, 0.5) is 0 Å². The van der Waals surface area contributed by atoms with Crippen LogP contribution in [0.25, 0.3) is 16.9 Å². The van der Waals surface area contributed by atoms with Crippen molar-refractivity contribution in [2.24, 2.45) is 0 Å². The molecule has 1 aromatic carbocycles. The monoisotopic (exact) mass is 368 g/mol. The summed E-state index contributed by atoms with van der Waals surface area (Å²) in [5.41, 5.74) is 4.46. The number of hydrogen-bond donors (Lipinski definition) is 0. The third-order valence-electron chi connectivity index (χ3n) is 4.89. The Morgan fingerprint density at radius 1 is 1.08 bits per heavy atom. The van der Waals surface area contributed by atoms with Crippen molar-refractivity contribution < 1.29 is 4.79 Å². The molecule has 26 heavy (non-hydrogen) atoms. The van der Waals surface area contributed by atoms with Crippen LogP contribution in [0.1, 0.15) is 30.5 Å². The van der Waals surface area contributed by atoms with Crippen LogP contribution in [0.15, 0.2) is 36.4 Å². The second-order valence-electron chi connectivity index (χ2n) is 6.82. The van der Waals surface area contributed by atoms with Crippen LogP contribution < -0.4 is 0 Å². The molecule has 0 aliphatic carbocycles. The topological polar surface area (TPSA) is 50.5 Å². The van der Waals surface area contributed by atoms with Gasteiger partial charge in [-0.1, -0.05) is 41.4 Å². The molecule has 0 atom stereocenters. The fraction of sp³-hybridized carbons (Fsp3) is 0.350. The van der Waals surface area contributed by atoms with Gasteiger partial charge >= 0.3 is 0 Å². The van der Waals surface area contributed by atoms with Crippen molar-refractivity contribution in [2.75, 3.05) is 13.1 Å². The molecule has 1 aliphatic heterocycles. The number of imidazole rings is 1. The zero-order valence-corrected chi connectivity index (χ0v) is 15.5. The lowest BCUT2D eigenvalue weighted by Gasteiger charge is -2.26. The number of halogens is 1. The Morgan fingerprint density at radius 2 is 1.81 bits per heavy atom. The van der Waals surface area contributed by atoms with Gasteiger partial charge in [-0.05, 0) is 38.3 Å². The summed E-state index contributed by atoms with van der Waals surface area (Å²) in [6, 6.07) is 11.7. The van der Waals surface area contributed by atoms with Gasteiger partial charge in [0.25, 0.3) is 0 Å². The first-order valence-electron chi connectivity index (χ1n) is 9.01. The lowest BCUT2D eigenvalue weighted by atomic mass is 10.1. The summed E-state index contributed by atoms with van der Waals surface area (Å²) in [4.78, 5) is 19.5. The van der Waals surface area contributed by atoms with E-state index in [4.69, 9.17) is 16.6 Å². The normalized spacial score (nSPS) is 14.8. The van der Waals surface area contributed by atoms with Crippen LogP contribution in [-0.4, -0.2) is 38.5 Å². The van der Waals surface area contributed by atoms with Gasteiger partial charge in [-0.25, -0.2) is 9.50 Å². The standard InChI is InChI=1S/C20H21ClN4O/c1-14-5-7-15(8-6-14)20-16(13-19(26)24-11-3-2-4-12-24)25-18(22-20)10-9-17(21)23-25/h5-10H,2-4,11-13H2,1H3. The van der Waals surface area contributed by atoms with Crippen molar-refractivity contribution >= 4 is 23.2 Å². The Bertz CT molecular complexity index is 942. The second kappa shape index (κ2) is 7.08. The van der Waals surface area contributed by atoms with Gasteiger partial charge in [0.15, 0.2) is 5.65 Å². The van der Waals surface area contributed by atoms with Crippen molar-refractivity contribution in [3.05, 3.63) is 52.8 Å². The lowest BCUT2D eigenvalue weighted by molar-refractivity contribution is -0.131. The van der Waals surface area contributed by atoms with E-state index in [0.29, 0.717) is 10.8 Å². The first-order chi connectivity index (χ1) is 12.6. The second-order valence-corrected chi connectivity index (χ2v) is 7.20. The first kappa shape index (κ1) is 17.0. The maximum absolute atomic E-state index is 12.9. The number of amides is 1. The fourth-order valence-electron chi connectivity index (χ4n) is 3.46. The summed E-state index contributed by atoms with van der Waals surface area (Å²) in [5, 5.41) is 4.77. The van der Waals surface area contributed by atoms with E-state index in [2.05, 4.69) is 24.2 Å². The van der Waals surface area contributed by atoms with Crippen LogP contribution >= 0.6 is 11.6 Å². The zero-order valence-electron chi connectivity index (χ0n) is 14.8. The summed E-state index contributed by atoms with van der Waals surface area (Å²) < 4.78 is 1.71. The number of likely N-dealkylation sites (tertiary alicyclic amines) is 1. The molecule has 0 radical (unpaired) electrons. The molecule has 4 rings (SSSR count). The molecule has 2 aromatic heterocycles. The highest BCUT2D eigenvalue weighted by Crippen LogP contribution is 2.26. The zero-order chi connectivity index (χ0) is 18.1. The number of piperidine rings is 1. The van der Waals surface area contributed by atoms with Gasteiger partial charge in [-0.3, -0.25) is 4.79 Å². The summed E-state index contributed by atoms with van der Waals surface area (Å²) in [6.07, 6.45) is 3.63. The minimum atomic E-state index is 0.127. The summed E-state index contributed by atoms with van der Waals surface area (Å²) in [7, 11) is 0. The van der Waals surface area contributed by atoms with Gasteiger partial charge in [-0.15, -0.1) is 0 Å². The molecule has 3 heterocycles. The van der Waals surface area contributed by atoms with E-state index >= 15 is 0 Å². The molecular formula is C20H21ClN4O. The van der Waals surface area contributed by atoms with E-state index in [1.807, 2.05) is 23.1 Å². The number of benzene rings is 1. The van der Waals surface area contributed by atoms with Crippen LogP contribution in [-0.2, 0) is 11.2 Å². The summed E-state index contributed by atoms with van der Waals surface area (Å²) in [5.74, 6) is 0.127. The predicted molar refractivity (Wildman–Crippen MR) is 102 cm³/mol. The molecule has 1 amide bonds. The quantitative estimate of drug-likeness (QED) is 0.704. The first-order valence-corrected chi connectivity index (χ1v) is 9.38. The highest BCUT2D eigenvalue weighted by Gasteiger charge is 2.22. The molecule has 0 bridgehead atoms. The Kier molecular flexibility index (Phi) is 4.64. The summed E-state index contributed by atoms with van der Waals surface area (Å²) in [6.45, 7) is 3.73. The van der Waals surface area contributed by atoms with E-state index in [-0.39, 0.29) is 12.3 Å². The van der Waals surface area contributed by atoms with Gasteiger partial charge in [-0.2, -0.15) is 5.10 Å². The van der Waals surface area contributed by atoms with E-state index in [9.17, 15) is 4.79 Å². The molecule has 134 valence electrons. The molecule has 0 saturated carbocycles. The van der Waals surface area contributed by atoms with Crippen molar-refractivity contribution in [1.29, 1.82) is 0 Å². The molecule has 3 aromatic rings. The average molecular weight is 369 g/mol. The molecule has 1 aliphatic rings. The van der Waals surface area contributed by atoms with E-state index in [0.717, 1.165) is 42.9 Å². The third-order valence-corrected chi connectivity index (χ3v) is 5.09. The highest BCUT2D eigenvalue weighted by atomic mass is 35.5. The Morgan fingerprint density at radius 3 is 2.54 bits per heavy atom. The molecule has 5 nitrogen and oxygen atoms in total. The minimum Gasteiger partial charge on any atom is -0.342 e. The van der Waals surface area contributed by atoms with E-state index in [1.165, 1.54) is 12.0 Å². The van der Waals surface area contributed by atoms with Crippen LogP contribution in [0.2, 0.25) is 5.15 Å². The lowest BCUT2D eigenvalue weighted by Crippen LogP contribution is -2.36. The number of nitrogens with zero attached hydrogens (tertiary/aromatic N) is 4. The fourth-order valence-corrected chi connectivity index (χ4v) is 3.59. The number of aryl methyl sites for hydroxylation is 1. The Balaban J connectivity index is 1.77. The molecule has 6 heteroatoms. The average Bonchev–Trinajstić information content (AvgIpc) is 3.01. The maximum Gasteiger partial charge on any atom is 0.228 e. The molecule has 0 spiro atoms. The van der Waals surface area contributed by atoms with Gasteiger partial charge in [0.2, 0.25) is 5.91 Å². The molecule has 0 N–H and O–H groups in total. The minimum absolute atomic E-state index is 0.127.